The van der Waals surface area contributed by atoms with E-state index in [4.69, 9.17) is 16.3 Å². The quantitative estimate of drug-likeness (QED) is 0.223. The predicted octanol–water partition coefficient (Wildman–Crippen LogP) is 6.27. The number of hydrogen-bond acceptors (Lipinski definition) is 4. The molecule has 6 nitrogen and oxygen atoms in total. The first-order valence-corrected chi connectivity index (χ1v) is 16.3. The van der Waals surface area contributed by atoms with Crippen molar-refractivity contribution in [2.24, 2.45) is 0 Å². The number of benzene rings is 2. The normalized spacial score (nSPS) is 13.0. The Labute approximate surface area is 219 Å². The maximum absolute atomic E-state index is 14.5. The van der Waals surface area contributed by atoms with Gasteiger partial charge in [-0.05, 0) is 59.8 Å². The van der Waals surface area contributed by atoms with E-state index in [0.29, 0.717) is 23.1 Å². The molecule has 0 fully saturated rings. The van der Waals surface area contributed by atoms with Gasteiger partial charge in [-0.15, -0.1) is 0 Å². The van der Waals surface area contributed by atoms with E-state index in [1.165, 1.54) is 24.4 Å². The fourth-order valence-corrected chi connectivity index (χ4v) is 6.11. The number of hydrogen-bond donors (Lipinski definition) is 0. The van der Waals surface area contributed by atoms with Crippen LogP contribution in [0, 0.1) is 12.7 Å². The van der Waals surface area contributed by atoms with Crippen molar-refractivity contribution in [3.63, 3.8) is 0 Å². The average molecular weight is 603 g/mol. The topological polar surface area (TPSA) is 66.1 Å². The molecule has 11 heteroatoms. The maximum Gasteiger partial charge on any atom is 0.268 e. The summed E-state index contributed by atoms with van der Waals surface area (Å²) in [5, 5.41) is 5.04. The molecule has 0 N–H and O–H groups in total. The average Bonchev–Trinajstić information content (AvgIpc) is 3.31. The lowest BCUT2D eigenvalue weighted by Gasteiger charge is -2.24. The second-order valence-corrected chi connectivity index (χ2v) is 16.8. The molecule has 4 rings (SSSR count). The first kappa shape index (κ1) is 26.2. The molecule has 0 aliphatic heterocycles. The number of aryl methyl sites for hydroxylation is 1. The molecular weight excluding hydrogens is 577 g/mol. The predicted molar refractivity (Wildman–Crippen MR) is 146 cm³/mol. The summed E-state index contributed by atoms with van der Waals surface area (Å²) in [5.41, 5.74) is 2.18. The Balaban J connectivity index is 1.77. The molecule has 0 bridgehead atoms. The van der Waals surface area contributed by atoms with Crippen molar-refractivity contribution in [2.75, 3.05) is 31.1 Å². The molecule has 0 aliphatic rings. The minimum absolute atomic E-state index is 0.103. The number of rotatable bonds is 8. The van der Waals surface area contributed by atoms with E-state index in [9.17, 15) is 12.8 Å². The zero-order valence-electron chi connectivity index (χ0n) is 19.8. The largest absolute Gasteiger partial charge is 0.358 e. The third kappa shape index (κ3) is 5.61. The monoisotopic (exact) mass is 601 g/mol. The zero-order chi connectivity index (χ0) is 25.5. The summed E-state index contributed by atoms with van der Waals surface area (Å²) < 4.78 is 50.2. The van der Waals surface area contributed by atoms with Crippen molar-refractivity contribution in [1.82, 2.24) is 13.8 Å². The number of nitrogens with zero attached hydrogens (tertiary/aromatic N) is 3. The Morgan fingerprint density at radius 2 is 1.77 bits per heavy atom. The Kier molecular flexibility index (Phi) is 7.41. The highest BCUT2D eigenvalue weighted by atomic mass is 79.9. The van der Waals surface area contributed by atoms with E-state index in [1.54, 1.807) is 29.1 Å². The van der Waals surface area contributed by atoms with Crippen LogP contribution in [0.15, 0.2) is 58.2 Å². The van der Waals surface area contributed by atoms with Crippen LogP contribution >= 0.6 is 37.6 Å². The van der Waals surface area contributed by atoms with Gasteiger partial charge in [0, 0.05) is 40.7 Å². The number of fused-ring (bicyclic) bond motifs is 1. The van der Waals surface area contributed by atoms with Gasteiger partial charge < -0.3 is 4.74 Å². The molecule has 0 aliphatic carbocycles. The van der Waals surface area contributed by atoms with Crippen LogP contribution < -0.4 is 0 Å². The summed E-state index contributed by atoms with van der Waals surface area (Å²) in [4.78, 5) is 0.103. The SMILES string of the molecule is Cc1ccc(S(=O)(=O)n2cc(-c3cn(COCCS(C)(C)C)nc3Cl)c3cc(Br)c(F)cc32)cc1. The molecule has 0 saturated heterocycles. The lowest BCUT2D eigenvalue weighted by atomic mass is 10.1. The van der Waals surface area contributed by atoms with Crippen LogP contribution in [0.3, 0.4) is 0 Å². The van der Waals surface area contributed by atoms with Gasteiger partial charge in [0.1, 0.15) is 12.5 Å². The Bertz CT molecular complexity index is 1490. The first-order valence-electron chi connectivity index (χ1n) is 10.7. The van der Waals surface area contributed by atoms with E-state index >= 15 is 0 Å². The minimum Gasteiger partial charge on any atom is -0.358 e. The molecule has 0 spiro atoms. The van der Waals surface area contributed by atoms with Crippen molar-refractivity contribution in [2.45, 2.75) is 18.6 Å². The van der Waals surface area contributed by atoms with Gasteiger partial charge in [-0.1, -0.05) is 29.3 Å². The summed E-state index contributed by atoms with van der Waals surface area (Å²) in [6, 6.07) is 9.26. The molecular formula is C24H26BrClFN3O3S2. The van der Waals surface area contributed by atoms with Gasteiger partial charge in [0.05, 0.1) is 21.5 Å². The van der Waals surface area contributed by atoms with Crippen LogP contribution in [0.2, 0.25) is 5.15 Å². The highest BCUT2D eigenvalue weighted by molar-refractivity contribution is 9.10. The van der Waals surface area contributed by atoms with Crippen molar-refractivity contribution in [1.29, 1.82) is 0 Å². The molecule has 0 unspecified atom stereocenters. The minimum atomic E-state index is -3.99. The molecule has 2 aromatic heterocycles. The van der Waals surface area contributed by atoms with Gasteiger partial charge >= 0.3 is 0 Å². The van der Waals surface area contributed by atoms with Crippen LogP contribution in [-0.4, -0.2) is 53.3 Å². The van der Waals surface area contributed by atoms with Crippen molar-refractivity contribution >= 4 is 58.5 Å². The maximum atomic E-state index is 14.5. The van der Waals surface area contributed by atoms with E-state index in [2.05, 4.69) is 39.8 Å². The van der Waals surface area contributed by atoms with Crippen LogP contribution in [0.25, 0.3) is 22.0 Å². The molecule has 0 amide bonds. The van der Waals surface area contributed by atoms with Crippen molar-refractivity contribution in [3.05, 3.63) is 69.8 Å². The molecule has 35 heavy (non-hydrogen) atoms. The van der Waals surface area contributed by atoms with E-state index in [1.807, 2.05) is 6.92 Å². The molecule has 4 aromatic rings. The fraction of sp³-hybridized carbons (Fsp3) is 0.292. The lowest BCUT2D eigenvalue weighted by molar-refractivity contribution is 0.0810. The highest BCUT2D eigenvalue weighted by Gasteiger charge is 2.25. The van der Waals surface area contributed by atoms with Gasteiger partial charge in [-0.3, -0.25) is 0 Å². The van der Waals surface area contributed by atoms with Crippen molar-refractivity contribution < 1.29 is 17.5 Å². The second kappa shape index (κ2) is 9.89. The standard InChI is InChI=1S/C24H26BrClFN3O3S2/c1-16-5-7-17(8-6-16)35(31,32)30-14-19(18-11-21(25)22(27)12-23(18)30)20-13-29(28-24(20)26)15-33-9-10-34(2,3)4/h5-8,11-14H,9-10,15H2,1-4H3. The summed E-state index contributed by atoms with van der Waals surface area (Å²) in [5.74, 6) is 0.400. The molecule has 0 radical (unpaired) electrons. The number of aromatic nitrogens is 3. The van der Waals surface area contributed by atoms with Gasteiger partial charge in [0.25, 0.3) is 10.0 Å². The van der Waals surface area contributed by atoms with Crippen LogP contribution in [-0.2, 0) is 21.5 Å². The van der Waals surface area contributed by atoms with Gasteiger partial charge in [-0.25, -0.2) is 31.5 Å². The summed E-state index contributed by atoms with van der Waals surface area (Å²) in [6.07, 6.45) is 9.84. The Morgan fingerprint density at radius 1 is 1.09 bits per heavy atom. The fourth-order valence-electron chi connectivity index (χ4n) is 3.54. The van der Waals surface area contributed by atoms with Gasteiger partial charge in [0.2, 0.25) is 0 Å². The molecule has 188 valence electrons. The van der Waals surface area contributed by atoms with Gasteiger partial charge in [0.15, 0.2) is 5.15 Å². The van der Waals surface area contributed by atoms with Crippen LogP contribution in [0.1, 0.15) is 5.56 Å². The highest BCUT2D eigenvalue weighted by Crippen LogP contribution is 2.38. The smallest absolute Gasteiger partial charge is 0.268 e. The third-order valence-corrected chi connectivity index (χ3v) is 9.43. The molecule has 0 saturated carbocycles. The Hall–Kier alpha value is -1.85. The van der Waals surface area contributed by atoms with Crippen molar-refractivity contribution in [3.8, 4) is 11.1 Å². The Morgan fingerprint density at radius 3 is 2.43 bits per heavy atom. The van der Waals surface area contributed by atoms with E-state index < -0.39 is 25.9 Å². The summed E-state index contributed by atoms with van der Waals surface area (Å²) in [7, 11) is -4.66. The van der Waals surface area contributed by atoms with Gasteiger partial charge in [-0.2, -0.15) is 5.10 Å². The summed E-state index contributed by atoms with van der Waals surface area (Å²) >= 11 is 9.68. The zero-order valence-corrected chi connectivity index (χ0v) is 23.7. The van der Waals surface area contributed by atoms with E-state index in [0.717, 1.165) is 15.3 Å². The number of halogens is 3. The number of ether oxygens (including phenoxy) is 1. The van der Waals surface area contributed by atoms with Crippen LogP contribution in [0.4, 0.5) is 4.39 Å². The first-order chi connectivity index (χ1) is 16.4. The lowest BCUT2D eigenvalue weighted by Crippen LogP contribution is -2.11. The molecule has 2 heterocycles. The molecule has 2 aromatic carbocycles. The second-order valence-electron chi connectivity index (χ2n) is 9.15. The summed E-state index contributed by atoms with van der Waals surface area (Å²) in [6.45, 7) is 2.69. The van der Waals surface area contributed by atoms with E-state index in [-0.39, 0.29) is 26.8 Å². The van der Waals surface area contributed by atoms with Crippen LogP contribution in [0.5, 0.6) is 0 Å². The molecule has 0 atom stereocenters. The third-order valence-electron chi connectivity index (χ3n) is 5.46.